The summed E-state index contributed by atoms with van der Waals surface area (Å²) < 4.78 is 13.3. The second kappa shape index (κ2) is 12.1. The largest absolute Gasteiger partial charge is 0.489 e. The van der Waals surface area contributed by atoms with E-state index in [4.69, 9.17) is 21.1 Å². The lowest BCUT2D eigenvalue weighted by molar-refractivity contribution is 0.0519. The SMILES string of the molecule is Cc1nc2c(OCC3CCCCC3)cccn2c1C(=O)NC(CNC(=O)OC(C)(C)C)c1ccc(Cl)cc1. The van der Waals surface area contributed by atoms with Crippen molar-refractivity contribution in [2.45, 2.75) is 71.4 Å². The molecule has 0 radical (unpaired) electrons. The highest BCUT2D eigenvalue weighted by atomic mass is 35.5. The summed E-state index contributed by atoms with van der Waals surface area (Å²) in [5.41, 5.74) is 1.78. The Balaban J connectivity index is 1.53. The third-order valence-electron chi connectivity index (χ3n) is 6.63. The second-order valence-electron chi connectivity index (χ2n) is 10.9. The first-order valence-corrected chi connectivity index (χ1v) is 13.6. The van der Waals surface area contributed by atoms with Crippen molar-refractivity contribution >= 4 is 29.2 Å². The van der Waals surface area contributed by atoms with Crippen molar-refractivity contribution in [3.05, 3.63) is 64.6 Å². The molecule has 1 atom stereocenters. The molecular weight excluding hydrogens is 504 g/mol. The Bertz CT molecular complexity index is 1260. The normalized spacial score (nSPS) is 15.2. The van der Waals surface area contributed by atoms with Gasteiger partial charge in [-0.2, -0.15) is 0 Å². The molecule has 0 saturated heterocycles. The fraction of sp³-hybridized carbons (Fsp3) is 0.483. The number of halogens is 1. The van der Waals surface area contributed by atoms with E-state index < -0.39 is 17.7 Å². The number of pyridine rings is 1. The number of hydrogen-bond donors (Lipinski definition) is 2. The molecule has 1 unspecified atom stereocenters. The zero-order valence-electron chi connectivity index (χ0n) is 22.6. The molecule has 0 bridgehead atoms. The van der Waals surface area contributed by atoms with Crippen LogP contribution in [-0.2, 0) is 4.74 Å². The summed E-state index contributed by atoms with van der Waals surface area (Å²) in [5, 5.41) is 6.40. The third kappa shape index (κ3) is 7.19. The van der Waals surface area contributed by atoms with Crippen LogP contribution in [-0.4, -0.2) is 40.1 Å². The van der Waals surface area contributed by atoms with Crippen LogP contribution < -0.4 is 15.4 Å². The van der Waals surface area contributed by atoms with Crippen LogP contribution in [0.15, 0.2) is 42.6 Å². The zero-order valence-corrected chi connectivity index (χ0v) is 23.3. The number of rotatable bonds is 8. The van der Waals surface area contributed by atoms with E-state index in [-0.39, 0.29) is 12.5 Å². The molecule has 0 spiro atoms. The number of nitrogens with zero attached hydrogens (tertiary/aromatic N) is 2. The topological polar surface area (TPSA) is 94.0 Å². The third-order valence-corrected chi connectivity index (χ3v) is 6.88. The molecule has 204 valence electrons. The highest BCUT2D eigenvalue weighted by Gasteiger charge is 2.24. The van der Waals surface area contributed by atoms with Crippen LogP contribution in [0.4, 0.5) is 4.79 Å². The standard InChI is InChI=1S/C29H37ClN4O4/c1-19-25(34-16-8-11-24(26(34)32-19)37-18-20-9-6-5-7-10-20)27(35)33-23(21-12-14-22(30)15-13-21)17-31-28(36)38-29(2,3)4/h8,11-16,20,23H,5-7,9-10,17-18H2,1-4H3,(H,31,36)(H,33,35). The smallest absolute Gasteiger partial charge is 0.407 e. The van der Waals surface area contributed by atoms with E-state index >= 15 is 0 Å². The quantitative estimate of drug-likeness (QED) is 0.352. The Morgan fingerprint density at radius 1 is 1.13 bits per heavy atom. The van der Waals surface area contributed by atoms with Crippen molar-refractivity contribution in [3.63, 3.8) is 0 Å². The van der Waals surface area contributed by atoms with Crippen LogP contribution in [0.25, 0.3) is 5.65 Å². The first-order valence-electron chi connectivity index (χ1n) is 13.2. The predicted molar refractivity (Wildman–Crippen MR) is 148 cm³/mol. The van der Waals surface area contributed by atoms with Gasteiger partial charge in [-0.25, -0.2) is 9.78 Å². The summed E-state index contributed by atoms with van der Waals surface area (Å²) in [6.07, 6.45) is 7.44. The number of nitrogens with one attached hydrogen (secondary N) is 2. The maximum atomic E-state index is 13.6. The van der Waals surface area contributed by atoms with Crippen LogP contribution in [0, 0.1) is 12.8 Å². The van der Waals surface area contributed by atoms with Crippen LogP contribution in [0.3, 0.4) is 0 Å². The number of imidazole rings is 1. The molecule has 1 fully saturated rings. The molecule has 2 heterocycles. The van der Waals surface area contributed by atoms with E-state index in [0.29, 0.717) is 40.3 Å². The number of fused-ring (bicyclic) bond motifs is 1. The van der Waals surface area contributed by atoms with E-state index in [9.17, 15) is 9.59 Å². The van der Waals surface area contributed by atoms with Gasteiger partial charge >= 0.3 is 6.09 Å². The maximum Gasteiger partial charge on any atom is 0.407 e. The summed E-state index contributed by atoms with van der Waals surface area (Å²) in [7, 11) is 0. The fourth-order valence-corrected chi connectivity index (χ4v) is 4.90. The summed E-state index contributed by atoms with van der Waals surface area (Å²) in [6.45, 7) is 7.99. The number of hydrogen-bond acceptors (Lipinski definition) is 5. The molecule has 2 amide bonds. The summed E-state index contributed by atoms with van der Waals surface area (Å²) in [6, 6.07) is 10.4. The molecule has 1 aromatic carbocycles. The van der Waals surface area contributed by atoms with E-state index in [1.54, 1.807) is 37.3 Å². The molecule has 38 heavy (non-hydrogen) atoms. The van der Waals surface area contributed by atoms with E-state index in [1.807, 2.05) is 37.4 Å². The van der Waals surface area contributed by atoms with Gasteiger partial charge in [0.05, 0.1) is 18.3 Å². The molecule has 8 nitrogen and oxygen atoms in total. The lowest BCUT2D eigenvalue weighted by Gasteiger charge is -2.23. The molecule has 4 rings (SSSR count). The Morgan fingerprint density at radius 3 is 2.53 bits per heavy atom. The van der Waals surface area contributed by atoms with Crippen molar-refractivity contribution in [1.29, 1.82) is 0 Å². The zero-order chi connectivity index (χ0) is 27.3. The molecule has 9 heteroatoms. The summed E-state index contributed by atoms with van der Waals surface area (Å²) >= 11 is 6.08. The number of carbonyl (C=O) groups excluding carboxylic acids is 2. The minimum atomic E-state index is -0.631. The molecule has 1 saturated carbocycles. The highest BCUT2D eigenvalue weighted by molar-refractivity contribution is 6.30. The summed E-state index contributed by atoms with van der Waals surface area (Å²) in [5.74, 6) is 0.909. The summed E-state index contributed by atoms with van der Waals surface area (Å²) in [4.78, 5) is 30.6. The van der Waals surface area contributed by atoms with Gasteiger partial charge in [-0.1, -0.05) is 43.0 Å². The van der Waals surface area contributed by atoms with E-state index in [0.717, 1.165) is 5.56 Å². The molecule has 1 aliphatic carbocycles. The molecule has 1 aliphatic rings. The Kier molecular flexibility index (Phi) is 8.82. The van der Waals surface area contributed by atoms with Gasteiger partial charge in [-0.15, -0.1) is 0 Å². The lowest BCUT2D eigenvalue weighted by Crippen LogP contribution is -2.40. The van der Waals surface area contributed by atoms with Gasteiger partial charge in [-0.3, -0.25) is 9.20 Å². The number of amides is 2. The molecular formula is C29H37ClN4O4. The monoisotopic (exact) mass is 540 g/mol. The average Bonchev–Trinajstić information content (AvgIpc) is 3.21. The fourth-order valence-electron chi connectivity index (χ4n) is 4.78. The van der Waals surface area contributed by atoms with Gasteiger partial charge < -0.3 is 20.1 Å². The van der Waals surface area contributed by atoms with Gasteiger partial charge in [0.15, 0.2) is 11.4 Å². The predicted octanol–water partition coefficient (Wildman–Crippen LogP) is 6.25. The van der Waals surface area contributed by atoms with Crippen molar-refractivity contribution in [3.8, 4) is 5.75 Å². The van der Waals surface area contributed by atoms with Gasteiger partial charge in [0, 0.05) is 17.8 Å². The number of carbonyl (C=O) groups is 2. The van der Waals surface area contributed by atoms with Gasteiger partial charge in [0.25, 0.3) is 5.91 Å². The Labute approximate surface area is 229 Å². The Hall–Kier alpha value is -3.26. The van der Waals surface area contributed by atoms with Crippen LogP contribution in [0.1, 0.15) is 80.7 Å². The molecule has 3 aromatic rings. The van der Waals surface area contributed by atoms with Crippen molar-refractivity contribution < 1.29 is 19.1 Å². The molecule has 0 aliphatic heterocycles. The number of benzene rings is 1. The Morgan fingerprint density at radius 2 is 1.84 bits per heavy atom. The van der Waals surface area contributed by atoms with Crippen LogP contribution in [0.5, 0.6) is 5.75 Å². The first-order chi connectivity index (χ1) is 18.1. The van der Waals surface area contributed by atoms with Gasteiger partial charge in [-0.05, 0) is 76.3 Å². The first kappa shape index (κ1) is 27.8. The highest BCUT2D eigenvalue weighted by Crippen LogP contribution is 2.27. The van der Waals surface area contributed by atoms with Gasteiger partial charge in [0.2, 0.25) is 0 Å². The van der Waals surface area contributed by atoms with Crippen molar-refractivity contribution in [2.75, 3.05) is 13.2 Å². The van der Waals surface area contributed by atoms with E-state index in [1.165, 1.54) is 32.1 Å². The average molecular weight is 541 g/mol. The maximum absolute atomic E-state index is 13.6. The van der Waals surface area contributed by atoms with Crippen LogP contribution in [0.2, 0.25) is 5.02 Å². The number of aryl methyl sites for hydroxylation is 1. The number of ether oxygens (including phenoxy) is 2. The lowest BCUT2D eigenvalue weighted by atomic mass is 9.90. The number of aromatic nitrogens is 2. The van der Waals surface area contributed by atoms with Crippen molar-refractivity contribution in [2.24, 2.45) is 5.92 Å². The van der Waals surface area contributed by atoms with Gasteiger partial charge in [0.1, 0.15) is 11.3 Å². The number of alkyl carbamates (subject to hydrolysis) is 1. The molecule has 2 N–H and O–H groups in total. The van der Waals surface area contributed by atoms with Crippen molar-refractivity contribution in [1.82, 2.24) is 20.0 Å². The molecule has 2 aromatic heterocycles. The minimum Gasteiger partial charge on any atom is -0.489 e. The van der Waals surface area contributed by atoms with Crippen LogP contribution >= 0.6 is 11.6 Å². The second-order valence-corrected chi connectivity index (χ2v) is 11.3. The van der Waals surface area contributed by atoms with E-state index in [2.05, 4.69) is 15.6 Å². The minimum absolute atomic E-state index is 0.133.